The monoisotopic (exact) mass is 313 g/mol. The quantitative estimate of drug-likeness (QED) is 0.943. The standard InChI is InChI=1S/C19H23NO3/c1-3-19(11-21)10-15-5-7-17(19)20(15)18(22)13-4-6-16-14(9-13)8-12(2)23-16/h4,6,8-9,15,17,21H,3,5,7,10-11H2,1-2H3/t15-,17+,19-/m1/s1. The summed E-state index contributed by atoms with van der Waals surface area (Å²) in [6.45, 7) is 4.22. The molecular weight excluding hydrogens is 290 g/mol. The maximum Gasteiger partial charge on any atom is 0.254 e. The van der Waals surface area contributed by atoms with E-state index in [1.165, 1.54) is 0 Å². The Morgan fingerprint density at radius 1 is 1.39 bits per heavy atom. The van der Waals surface area contributed by atoms with Crippen molar-refractivity contribution < 1.29 is 14.3 Å². The molecule has 122 valence electrons. The fraction of sp³-hybridized carbons (Fsp3) is 0.526. The lowest BCUT2D eigenvalue weighted by atomic mass is 9.72. The van der Waals surface area contributed by atoms with Crippen molar-refractivity contribution in [2.75, 3.05) is 6.61 Å². The molecule has 1 amide bonds. The molecule has 0 radical (unpaired) electrons. The Kier molecular flexibility index (Phi) is 3.27. The van der Waals surface area contributed by atoms with Crippen molar-refractivity contribution in [2.45, 2.75) is 51.6 Å². The third-order valence-electron chi connectivity index (χ3n) is 5.99. The Bertz CT molecular complexity index is 759. The summed E-state index contributed by atoms with van der Waals surface area (Å²) in [4.78, 5) is 15.1. The molecule has 3 heterocycles. The van der Waals surface area contributed by atoms with Crippen LogP contribution < -0.4 is 0 Å². The van der Waals surface area contributed by atoms with Crippen LogP contribution in [0.5, 0.6) is 0 Å². The molecule has 0 aliphatic carbocycles. The molecule has 3 atom stereocenters. The van der Waals surface area contributed by atoms with Crippen molar-refractivity contribution in [3.8, 4) is 0 Å². The van der Waals surface area contributed by atoms with Crippen molar-refractivity contribution >= 4 is 16.9 Å². The Labute approximate surface area is 136 Å². The molecule has 0 spiro atoms. The molecule has 4 rings (SSSR count). The van der Waals surface area contributed by atoms with Crippen LogP contribution >= 0.6 is 0 Å². The van der Waals surface area contributed by atoms with Gasteiger partial charge in [-0.2, -0.15) is 0 Å². The van der Waals surface area contributed by atoms with Crippen LogP contribution in [0.3, 0.4) is 0 Å². The highest BCUT2D eigenvalue weighted by Gasteiger charge is 2.56. The zero-order chi connectivity index (χ0) is 16.2. The van der Waals surface area contributed by atoms with Crippen LogP contribution in [0.15, 0.2) is 28.7 Å². The molecule has 2 fully saturated rings. The van der Waals surface area contributed by atoms with Gasteiger partial charge in [-0.25, -0.2) is 0 Å². The van der Waals surface area contributed by atoms with E-state index < -0.39 is 0 Å². The van der Waals surface area contributed by atoms with E-state index in [4.69, 9.17) is 4.42 Å². The minimum Gasteiger partial charge on any atom is -0.461 e. The number of fused-ring (bicyclic) bond motifs is 3. The minimum absolute atomic E-state index is 0.0991. The van der Waals surface area contributed by atoms with E-state index in [2.05, 4.69) is 6.92 Å². The van der Waals surface area contributed by atoms with Gasteiger partial charge in [0.2, 0.25) is 0 Å². The summed E-state index contributed by atoms with van der Waals surface area (Å²) in [5, 5.41) is 10.9. The Morgan fingerprint density at radius 3 is 2.91 bits per heavy atom. The van der Waals surface area contributed by atoms with E-state index in [1.807, 2.05) is 36.1 Å². The average molecular weight is 313 g/mol. The van der Waals surface area contributed by atoms with E-state index in [9.17, 15) is 9.90 Å². The van der Waals surface area contributed by atoms with E-state index in [1.54, 1.807) is 0 Å². The van der Waals surface area contributed by atoms with Crippen LogP contribution in [0, 0.1) is 12.3 Å². The van der Waals surface area contributed by atoms with Crippen molar-refractivity contribution in [3.63, 3.8) is 0 Å². The average Bonchev–Trinajstić information content (AvgIpc) is 3.23. The van der Waals surface area contributed by atoms with Crippen LogP contribution in [0.4, 0.5) is 0 Å². The van der Waals surface area contributed by atoms with Crippen molar-refractivity contribution in [3.05, 3.63) is 35.6 Å². The summed E-state index contributed by atoms with van der Waals surface area (Å²) in [5.74, 6) is 0.957. The van der Waals surface area contributed by atoms with E-state index in [0.29, 0.717) is 0 Å². The second-order valence-electron chi connectivity index (χ2n) is 7.15. The molecule has 1 N–H and O–H groups in total. The molecule has 0 saturated carbocycles. The van der Waals surface area contributed by atoms with Crippen LogP contribution in [-0.4, -0.2) is 34.6 Å². The van der Waals surface area contributed by atoms with Gasteiger partial charge in [-0.3, -0.25) is 4.79 Å². The van der Waals surface area contributed by atoms with Gasteiger partial charge in [0.15, 0.2) is 0 Å². The molecule has 23 heavy (non-hydrogen) atoms. The number of amides is 1. The molecule has 2 saturated heterocycles. The number of nitrogens with zero attached hydrogens (tertiary/aromatic N) is 1. The summed E-state index contributed by atoms with van der Waals surface area (Å²) in [5.41, 5.74) is 1.44. The van der Waals surface area contributed by atoms with Crippen LogP contribution in [0.2, 0.25) is 0 Å². The zero-order valence-corrected chi connectivity index (χ0v) is 13.7. The van der Waals surface area contributed by atoms with Gasteiger partial charge in [-0.15, -0.1) is 0 Å². The fourth-order valence-corrected chi connectivity index (χ4v) is 4.72. The first-order valence-electron chi connectivity index (χ1n) is 8.52. The van der Waals surface area contributed by atoms with Gasteiger partial charge >= 0.3 is 0 Å². The maximum atomic E-state index is 13.1. The molecule has 4 heteroatoms. The largest absolute Gasteiger partial charge is 0.461 e. The lowest BCUT2D eigenvalue weighted by molar-refractivity contribution is 0.0557. The molecule has 2 aliphatic rings. The molecule has 2 aromatic rings. The highest BCUT2D eigenvalue weighted by atomic mass is 16.3. The number of benzene rings is 1. The highest BCUT2D eigenvalue weighted by Crippen LogP contribution is 2.51. The number of hydrogen-bond acceptors (Lipinski definition) is 3. The summed E-state index contributed by atoms with van der Waals surface area (Å²) in [6, 6.07) is 8.09. The summed E-state index contributed by atoms with van der Waals surface area (Å²) >= 11 is 0. The van der Waals surface area contributed by atoms with Gasteiger partial charge in [0.05, 0.1) is 6.61 Å². The Morgan fingerprint density at radius 2 is 2.22 bits per heavy atom. The van der Waals surface area contributed by atoms with Gasteiger partial charge in [-0.1, -0.05) is 6.92 Å². The number of aliphatic hydroxyl groups excluding tert-OH is 1. The lowest BCUT2D eigenvalue weighted by Gasteiger charge is -2.34. The molecule has 0 unspecified atom stereocenters. The molecule has 2 aliphatic heterocycles. The third kappa shape index (κ3) is 2.04. The predicted octanol–water partition coefficient (Wildman–Crippen LogP) is 3.51. The van der Waals surface area contributed by atoms with Crippen molar-refractivity contribution in [2.24, 2.45) is 5.41 Å². The first-order chi connectivity index (χ1) is 11.1. The Hall–Kier alpha value is -1.81. The van der Waals surface area contributed by atoms with Crippen molar-refractivity contribution in [1.29, 1.82) is 0 Å². The smallest absolute Gasteiger partial charge is 0.254 e. The topological polar surface area (TPSA) is 53.7 Å². The van der Waals surface area contributed by atoms with E-state index >= 15 is 0 Å². The number of aryl methyl sites for hydroxylation is 1. The fourth-order valence-electron chi connectivity index (χ4n) is 4.72. The number of carbonyl (C=O) groups excluding carboxylic acids is 1. The number of rotatable bonds is 3. The number of aliphatic hydroxyl groups is 1. The SMILES string of the molecule is CC[C@]1(CO)C[C@H]2CC[C@@H]1N2C(=O)c1ccc2oc(C)cc2c1. The maximum absolute atomic E-state index is 13.1. The summed E-state index contributed by atoms with van der Waals surface area (Å²) in [7, 11) is 0. The van der Waals surface area contributed by atoms with Gasteiger partial charge < -0.3 is 14.4 Å². The zero-order valence-electron chi connectivity index (χ0n) is 13.7. The number of hydrogen-bond donors (Lipinski definition) is 1. The van der Waals surface area contributed by atoms with Crippen LogP contribution in [0.1, 0.15) is 48.7 Å². The minimum atomic E-state index is -0.102. The Balaban J connectivity index is 1.68. The lowest BCUT2D eigenvalue weighted by Crippen LogP contribution is -2.42. The molecular formula is C19H23NO3. The first kappa shape index (κ1) is 14.8. The predicted molar refractivity (Wildman–Crippen MR) is 88.4 cm³/mol. The summed E-state index contributed by atoms with van der Waals surface area (Å²) < 4.78 is 5.59. The van der Waals surface area contributed by atoms with Crippen LogP contribution in [0.25, 0.3) is 11.0 Å². The van der Waals surface area contributed by atoms with Gasteiger partial charge in [0.1, 0.15) is 11.3 Å². The number of carbonyl (C=O) groups is 1. The summed E-state index contributed by atoms with van der Waals surface area (Å²) in [6.07, 6.45) is 3.93. The number of furan rings is 1. The molecule has 2 bridgehead atoms. The van der Waals surface area contributed by atoms with E-state index in [-0.39, 0.29) is 30.0 Å². The van der Waals surface area contributed by atoms with Gasteiger partial charge in [-0.05, 0) is 56.9 Å². The molecule has 1 aromatic heterocycles. The van der Waals surface area contributed by atoms with E-state index in [0.717, 1.165) is 48.0 Å². The molecule has 1 aromatic carbocycles. The van der Waals surface area contributed by atoms with Gasteiger partial charge in [0, 0.05) is 28.4 Å². The van der Waals surface area contributed by atoms with Gasteiger partial charge in [0.25, 0.3) is 5.91 Å². The second-order valence-corrected chi connectivity index (χ2v) is 7.15. The molecule has 4 nitrogen and oxygen atoms in total. The van der Waals surface area contributed by atoms with Crippen LogP contribution in [-0.2, 0) is 0 Å². The highest BCUT2D eigenvalue weighted by molar-refractivity contribution is 5.98. The van der Waals surface area contributed by atoms with Crippen molar-refractivity contribution in [1.82, 2.24) is 4.90 Å². The first-order valence-corrected chi connectivity index (χ1v) is 8.52. The second kappa shape index (κ2) is 5.10. The normalized spacial score (nSPS) is 29.6. The third-order valence-corrected chi connectivity index (χ3v) is 5.99.